The van der Waals surface area contributed by atoms with Gasteiger partial charge in [-0.25, -0.2) is 4.79 Å². The van der Waals surface area contributed by atoms with Gasteiger partial charge in [-0.05, 0) is 37.3 Å². The van der Waals surface area contributed by atoms with E-state index in [9.17, 15) is 9.59 Å². The number of oxime groups is 1. The Hall–Kier alpha value is -2.86. The van der Waals surface area contributed by atoms with Gasteiger partial charge in [-0.3, -0.25) is 14.9 Å². The smallest absolute Gasteiger partial charge is 0.321 e. The second-order valence-corrected chi connectivity index (χ2v) is 5.04. The molecular weight excluding hydrogens is 318 g/mol. The van der Waals surface area contributed by atoms with Crippen LogP contribution in [0, 0.1) is 6.92 Å². The molecule has 0 aliphatic carbocycles. The molecule has 0 unspecified atom stereocenters. The van der Waals surface area contributed by atoms with E-state index < -0.39 is 12.0 Å². The summed E-state index contributed by atoms with van der Waals surface area (Å²) in [5, 5.41) is 8.80. The van der Waals surface area contributed by atoms with Gasteiger partial charge in [0, 0.05) is 16.4 Å². The van der Waals surface area contributed by atoms with Crippen molar-refractivity contribution < 1.29 is 14.4 Å². The summed E-state index contributed by atoms with van der Waals surface area (Å²) in [7, 11) is 0. The molecule has 2 amide bonds. The molecule has 0 saturated heterocycles. The van der Waals surface area contributed by atoms with Crippen LogP contribution in [0.3, 0.4) is 0 Å². The Labute approximate surface area is 138 Å². The fourth-order valence-electron chi connectivity index (χ4n) is 1.64. The van der Waals surface area contributed by atoms with Crippen molar-refractivity contribution in [1.29, 1.82) is 0 Å². The Balaban J connectivity index is 1.80. The molecule has 0 radical (unpaired) electrons. The summed E-state index contributed by atoms with van der Waals surface area (Å²) in [5.74, 6) is -0.510. The Bertz CT molecular complexity index is 730. The topological polar surface area (TPSA) is 79.8 Å². The molecule has 0 aliphatic heterocycles. The number of nitrogens with one attached hydrogen (secondary N) is 2. The van der Waals surface area contributed by atoms with Gasteiger partial charge in [-0.2, -0.15) is 0 Å². The number of aryl methyl sites for hydroxylation is 1. The molecule has 0 saturated carbocycles. The molecule has 2 rings (SSSR count). The Morgan fingerprint density at radius 1 is 1.09 bits per heavy atom. The predicted molar refractivity (Wildman–Crippen MR) is 89.9 cm³/mol. The molecule has 0 fully saturated rings. The van der Waals surface area contributed by atoms with Crippen molar-refractivity contribution in [3.63, 3.8) is 0 Å². The number of halogens is 1. The number of rotatable bonds is 4. The summed E-state index contributed by atoms with van der Waals surface area (Å²) >= 11 is 5.79. The Kier molecular flexibility index (Phi) is 5.71. The maximum absolute atomic E-state index is 11.6. The van der Waals surface area contributed by atoms with Crippen LogP contribution in [0.2, 0.25) is 5.02 Å². The van der Waals surface area contributed by atoms with E-state index in [4.69, 9.17) is 11.6 Å². The number of carbonyl (C=O) groups excluding carboxylic acids is 2. The number of amides is 2. The van der Waals surface area contributed by atoms with Gasteiger partial charge in [0.25, 0.3) is 5.91 Å². The van der Waals surface area contributed by atoms with Gasteiger partial charge in [-0.15, -0.1) is 0 Å². The zero-order valence-electron chi connectivity index (χ0n) is 12.2. The fraction of sp³-hybridized carbons (Fsp3) is 0.0625. The third-order valence-electron chi connectivity index (χ3n) is 2.70. The average Bonchev–Trinajstić information content (AvgIpc) is 2.49. The van der Waals surface area contributed by atoms with Crippen molar-refractivity contribution in [2.75, 3.05) is 10.6 Å². The molecule has 0 aliphatic rings. The summed E-state index contributed by atoms with van der Waals surface area (Å²) in [4.78, 5) is 27.6. The number of carbonyl (C=O) groups is 2. The molecule has 2 N–H and O–H groups in total. The maximum Gasteiger partial charge on any atom is 0.437 e. The Morgan fingerprint density at radius 2 is 1.83 bits per heavy atom. The summed E-state index contributed by atoms with van der Waals surface area (Å²) in [6, 6.07) is 13.8. The highest BCUT2D eigenvalue weighted by atomic mass is 35.5. The lowest BCUT2D eigenvalue weighted by molar-refractivity contribution is -0.110. The van der Waals surface area contributed by atoms with Crippen molar-refractivity contribution in [2.24, 2.45) is 5.16 Å². The molecule has 2 aromatic rings. The van der Waals surface area contributed by atoms with E-state index >= 15 is 0 Å². The van der Waals surface area contributed by atoms with E-state index in [0.717, 1.165) is 11.8 Å². The van der Waals surface area contributed by atoms with Crippen LogP contribution in [0.15, 0.2) is 53.7 Å². The molecule has 0 aromatic heterocycles. The fourth-order valence-corrected chi connectivity index (χ4v) is 1.83. The number of hydrogen-bond donors (Lipinski definition) is 2. The number of hydrogen-bond acceptors (Lipinski definition) is 4. The van der Waals surface area contributed by atoms with Crippen LogP contribution in [0.1, 0.15) is 5.56 Å². The van der Waals surface area contributed by atoms with E-state index in [0.29, 0.717) is 16.4 Å². The van der Waals surface area contributed by atoms with Crippen LogP contribution in [-0.2, 0) is 9.63 Å². The third-order valence-corrected chi connectivity index (χ3v) is 2.93. The molecule has 6 nitrogen and oxygen atoms in total. The van der Waals surface area contributed by atoms with Gasteiger partial charge in [0.05, 0.1) is 0 Å². The van der Waals surface area contributed by atoms with E-state index in [1.165, 1.54) is 0 Å². The first-order valence-electron chi connectivity index (χ1n) is 6.67. The highest BCUT2D eigenvalue weighted by molar-refractivity contribution is 6.31. The first-order valence-corrected chi connectivity index (χ1v) is 7.05. The average molecular weight is 332 g/mol. The van der Waals surface area contributed by atoms with Crippen molar-refractivity contribution >= 4 is 41.2 Å². The largest absolute Gasteiger partial charge is 0.437 e. The Morgan fingerprint density at radius 3 is 2.52 bits per heavy atom. The van der Waals surface area contributed by atoms with Gasteiger partial charge >= 0.3 is 6.09 Å². The normalized spacial score (nSPS) is 10.3. The van der Waals surface area contributed by atoms with Gasteiger partial charge in [0.2, 0.25) is 0 Å². The highest BCUT2D eigenvalue weighted by Gasteiger charge is 2.04. The van der Waals surface area contributed by atoms with Crippen LogP contribution >= 0.6 is 11.6 Å². The molecule has 0 atom stereocenters. The summed E-state index contributed by atoms with van der Waals surface area (Å²) in [5.41, 5.74) is 2.16. The molecule has 7 heteroatoms. The predicted octanol–water partition coefficient (Wildman–Crippen LogP) is 3.82. The van der Waals surface area contributed by atoms with Crippen LogP contribution in [-0.4, -0.2) is 18.2 Å². The minimum absolute atomic E-state index is 0.460. The van der Waals surface area contributed by atoms with Gasteiger partial charge in [0.15, 0.2) is 0 Å². The molecule has 0 heterocycles. The molecule has 23 heavy (non-hydrogen) atoms. The first kappa shape index (κ1) is 16.5. The standard InChI is InChI=1S/C16H14ClN3O3/c1-11-5-7-13(8-6-11)19-15(21)10-18-23-16(22)20-14-4-2-3-12(17)9-14/h2-10H,1H3,(H,19,21)(H,20,22). The zero-order chi connectivity index (χ0) is 16.7. The molecule has 2 aromatic carbocycles. The van der Waals surface area contributed by atoms with Crippen LogP contribution < -0.4 is 10.6 Å². The minimum Gasteiger partial charge on any atom is -0.321 e. The summed E-state index contributed by atoms with van der Waals surface area (Å²) in [6.45, 7) is 1.94. The third kappa shape index (κ3) is 5.80. The molecular formula is C16H14ClN3O3. The summed E-state index contributed by atoms with van der Waals surface area (Å²) in [6.07, 6.45) is 0.0453. The quantitative estimate of drug-likeness (QED) is 0.507. The van der Waals surface area contributed by atoms with E-state index in [2.05, 4.69) is 20.6 Å². The monoisotopic (exact) mass is 331 g/mol. The van der Waals surface area contributed by atoms with Gasteiger partial charge in [0.1, 0.15) is 6.21 Å². The second-order valence-electron chi connectivity index (χ2n) is 4.60. The minimum atomic E-state index is -0.827. The van der Waals surface area contributed by atoms with Crippen molar-refractivity contribution in [3.05, 3.63) is 59.1 Å². The van der Waals surface area contributed by atoms with Gasteiger partial charge < -0.3 is 5.32 Å². The van der Waals surface area contributed by atoms with Crippen LogP contribution in [0.25, 0.3) is 0 Å². The zero-order valence-corrected chi connectivity index (χ0v) is 13.0. The van der Waals surface area contributed by atoms with Crippen molar-refractivity contribution in [2.45, 2.75) is 6.92 Å². The van der Waals surface area contributed by atoms with Crippen molar-refractivity contribution in [1.82, 2.24) is 0 Å². The lowest BCUT2D eigenvalue weighted by Crippen LogP contribution is -2.15. The number of benzene rings is 2. The van der Waals surface area contributed by atoms with E-state index in [-0.39, 0.29) is 0 Å². The number of nitrogens with zero attached hydrogens (tertiary/aromatic N) is 1. The lowest BCUT2D eigenvalue weighted by Gasteiger charge is -2.03. The molecule has 0 spiro atoms. The summed E-state index contributed by atoms with van der Waals surface area (Å²) < 4.78 is 0. The van der Waals surface area contributed by atoms with Gasteiger partial charge in [-0.1, -0.05) is 40.5 Å². The lowest BCUT2D eigenvalue weighted by atomic mass is 10.2. The van der Waals surface area contributed by atoms with E-state index in [1.807, 2.05) is 19.1 Å². The van der Waals surface area contributed by atoms with Crippen molar-refractivity contribution in [3.8, 4) is 0 Å². The van der Waals surface area contributed by atoms with Crippen LogP contribution in [0.5, 0.6) is 0 Å². The van der Waals surface area contributed by atoms with E-state index in [1.54, 1.807) is 36.4 Å². The number of anilines is 2. The molecule has 0 bridgehead atoms. The molecule has 118 valence electrons. The van der Waals surface area contributed by atoms with Crippen LogP contribution in [0.4, 0.5) is 16.2 Å². The second kappa shape index (κ2) is 7.95. The highest BCUT2D eigenvalue weighted by Crippen LogP contribution is 2.14. The first-order chi connectivity index (χ1) is 11.0. The maximum atomic E-state index is 11.6. The SMILES string of the molecule is Cc1ccc(NC(=O)C=NOC(=O)Nc2cccc(Cl)c2)cc1.